The van der Waals surface area contributed by atoms with Crippen LogP contribution >= 0.6 is 0 Å². The van der Waals surface area contributed by atoms with Crippen LogP contribution in [0, 0.1) is 5.82 Å². The third-order valence-electron chi connectivity index (χ3n) is 4.39. The van der Waals surface area contributed by atoms with Gasteiger partial charge in [0.1, 0.15) is 5.82 Å². The Balaban J connectivity index is 1.55. The van der Waals surface area contributed by atoms with Crippen LogP contribution in [0.4, 0.5) is 10.1 Å². The summed E-state index contributed by atoms with van der Waals surface area (Å²) < 4.78 is 13.7. The standard InChI is InChI=1S/C19H20FN3O2/c20-17-4-2-1-3-16(17)19(25)23-11-9-15(10-12-23)22-18(24)13-5-7-14(21)8-6-13/h1-8,15H,9-12,21H2,(H,22,24). The normalized spacial score (nSPS) is 15.0. The third-order valence-corrected chi connectivity index (χ3v) is 4.39. The molecule has 3 rings (SSSR count). The molecule has 1 saturated heterocycles. The lowest BCUT2D eigenvalue weighted by molar-refractivity contribution is 0.0693. The van der Waals surface area contributed by atoms with E-state index in [2.05, 4.69) is 5.32 Å². The quantitative estimate of drug-likeness (QED) is 0.842. The highest BCUT2D eigenvalue weighted by Crippen LogP contribution is 2.16. The van der Waals surface area contributed by atoms with Gasteiger partial charge in [-0.2, -0.15) is 0 Å². The highest BCUT2D eigenvalue weighted by atomic mass is 19.1. The van der Waals surface area contributed by atoms with Gasteiger partial charge in [0.15, 0.2) is 0 Å². The molecule has 6 heteroatoms. The zero-order valence-electron chi connectivity index (χ0n) is 13.7. The van der Waals surface area contributed by atoms with E-state index in [0.29, 0.717) is 37.2 Å². The molecule has 0 aromatic heterocycles. The van der Waals surface area contributed by atoms with E-state index in [4.69, 9.17) is 5.73 Å². The van der Waals surface area contributed by atoms with Crippen LogP contribution in [-0.4, -0.2) is 35.8 Å². The van der Waals surface area contributed by atoms with Gasteiger partial charge in [0, 0.05) is 30.4 Å². The maximum atomic E-state index is 13.7. The number of hydrogen-bond donors (Lipinski definition) is 2. The molecule has 3 N–H and O–H groups in total. The molecule has 130 valence electrons. The summed E-state index contributed by atoms with van der Waals surface area (Å²) in [5.74, 6) is -0.966. The number of nitrogens with one attached hydrogen (secondary N) is 1. The Morgan fingerprint density at radius 3 is 2.32 bits per heavy atom. The van der Waals surface area contributed by atoms with Crippen molar-refractivity contribution in [1.29, 1.82) is 0 Å². The summed E-state index contributed by atoms with van der Waals surface area (Å²) in [6.07, 6.45) is 1.28. The van der Waals surface area contributed by atoms with E-state index in [1.807, 2.05) is 0 Å². The molecule has 0 unspecified atom stereocenters. The number of nitrogens with zero attached hydrogens (tertiary/aromatic N) is 1. The number of nitrogens with two attached hydrogens (primary N) is 1. The molecular formula is C19H20FN3O2. The van der Waals surface area contributed by atoms with Gasteiger partial charge in [0.25, 0.3) is 11.8 Å². The SMILES string of the molecule is Nc1ccc(C(=O)NC2CCN(C(=O)c3ccccc3F)CC2)cc1. The van der Waals surface area contributed by atoms with Gasteiger partial charge >= 0.3 is 0 Å². The van der Waals surface area contributed by atoms with Gasteiger partial charge in [0.2, 0.25) is 0 Å². The first kappa shape index (κ1) is 17.0. The van der Waals surface area contributed by atoms with Crippen molar-refractivity contribution in [3.63, 3.8) is 0 Å². The van der Waals surface area contributed by atoms with E-state index < -0.39 is 5.82 Å². The van der Waals surface area contributed by atoms with Gasteiger partial charge in [-0.1, -0.05) is 12.1 Å². The summed E-state index contributed by atoms with van der Waals surface area (Å²) in [6.45, 7) is 0.972. The van der Waals surface area contributed by atoms with Crippen LogP contribution in [0.15, 0.2) is 48.5 Å². The molecular weight excluding hydrogens is 321 g/mol. The first-order chi connectivity index (χ1) is 12.0. The Labute approximate surface area is 145 Å². The number of carbonyl (C=O) groups excluding carboxylic acids is 2. The van der Waals surface area contributed by atoms with Crippen molar-refractivity contribution >= 4 is 17.5 Å². The molecule has 2 aromatic carbocycles. The minimum Gasteiger partial charge on any atom is -0.399 e. The van der Waals surface area contributed by atoms with Gasteiger partial charge in [0.05, 0.1) is 5.56 Å². The minimum atomic E-state index is -0.508. The average Bonchev–Trinajstić information content (AvgIpc) is 2.63. The van der Waals surface area contributed by atoms with E-state index in [9.17, 15) is 14.0 Å². The van der Waals surface area contributed by atoms with Crippen LogP contribution in [0.5, 0.6) is 0 Å². The molecule has 0 saturated carbocycles. The number of nitrogen functional groups attached to an aromatic ring is 1. The molecule has 0 spiro atoms. The fourth-order valence-corrected chi connectivity index (χ4v) is 2.94. The number of amides is 2. The molecule has 2 aromatic rings. The fourth-order valence-electron chi connectivity index (χ4n) is 2.94. The summed E-state index contributed by atoms with van der Waals surface area (Å²) in [5.41, 5.74) is 6.87. The molecule has 0 radical (unpaired) electrons. The van der Waals surface area contributed by atoms with Crippen molar-refractivity contribution in [1.82, 2.24) is 10.2 Å². The Hall–Kier alpha value is -2.89. The number of rotatable bonds is 3. The average molecular weight is 341 g/mol. The summed E-state index contributed by atoms with van der Waals surface area (Å²) in [5, 5.41) is 2.97. The maximum absolute atomic E-state index is 13.7. The van der Waals surface area contributed by atoms with Crippen molar-refractivity contribution in [2.24, 2.45) is 0 Å². The first-order valence-corrected chi connectivity index (χ1v) is 8.25. The predicted octanol–water partition coefficient (Wildman–Crippen LogP) is 2.44. The Morgan fingerprint density at radius 1 is 1.04 bits per heavy atom. The lowest BCUT2D eigenvalue weighted by atomic mass is 10.0. The number of likely N-dealkylation sites (tertiary alicyclic amines) is 1. The monoisotopic (exact) mass is 341 g/mol. The molecule has 0 aliphatic carbocycles. The Kier molecular flexibility index (Phi) is 4.97. The number of carbonyl (C=O) groups is 2. The summed E-state index contributed by atoms with van der Waals surface area (Å²) in [4.78, 5) is 26.2. The van der Waals surface area contributed by atoms with E-state index in [1.54, 1.807) is 41.3 Å². The van der Waals surface area contributed by atoms with E-state index >= 15 is 0 Å². The summed E-state index contributed by atoms with van der Waals surface area (Å²) >= 11 is 0. The van der Waals surface area contributed by atoms with E-state index in [1.165, 1.54) is 12.1 Å². The van der Waals surface area contributed by atoms with Crippen LogP contribution in [0.3, 0.4) is 0 Å². The molecule has 0 bridgehead atoms. The van der Waals surface area contributed by atoms with Gasteiger partial charge in [-0.15, -0.1) is 0 Å². The van der Waals surface area contributed by atoms with Gasteiger partial charge in [-0.3, -0.25) is 9.59 Å². The summed E-state index contributed by atoms with van der Waals surface area (Å²) in [6, 6.07) is 12.7. The van der Waals surface area contributed by atoms with Crippen molar-refractivity contribution in [3.05, 3.63) is 65.5 Å². The predicted molar refractivity (Wildman–Crippen MR) is 93.6 cm³/mol. The van der Waals surface area contributed by atoms with Crippen molar-refractivity contribution < 1.29 is 14.0 Å². The number of halogens is 1. The smallest absolute Gasteiger partial charge is 0.256 e. The second kappa shape index (κ2) is 7.34. The van der Waals surface area contributed by atoms with Crippen LogP contribution in [0.2, 0.25) is 0 Å². The van der Waals surface area contributed by atoms with E-state index in [-0.39, 0.29) is 23.4 Å². The Bertz CT molecular complexity index is 768. The number of piperidine rings is 1. The molecule has 1 fully saturated rings. The van der Waals surface area contributed by atoms with Crippen molar-refractivity contribution in [2.45, 2.75) is 18.9 Å². The largest absolute Gasteiger partial charge is 0.399 e. The van der Waals surface area contributed by atoms with E-state index in [0.717, 1.165) is 0 Å². The van der Waals surface area contributed by atoms with Crippen molar-refractivity contribution in [3.8, 4) is 0 Å². The summed E-state index contributed by atoms with van der Waals surface area (Å²) in [7, 11) is 0. The molecule has 1 aliphatic rings. The maximum Gasteiger partial charge on any atom is 0.256 e. The molecule has 25 heavy (non-hydrogen) atoms. The van der Waals surface area contributed by atoms with Crippen LogP contribution in [0.25, 0.3) is 0 Å². The highest BCUT2D eigenvalue weighted by Gasteiger charge is 2.26. The van der Waals surface area contributed by atoms with Gasteiger partial charge < -0.3 is 16.0 Å². The van der Waals surface area contributed by atoms with Gasteiger partial charge in [-0.25, -0.2) is 4.39 Å². The second-order valence-corrected chi connectivity index (χ2v) is 6.14. The molecule has 5 nitrogen and oxygen atoms in total. The lowest BCUT2D eigenvalue weighted by Crippen LogP contribution is -2.46. The molecule has 1 heterocycles. The number of benzene rings is 2. The Morgan fingerprint density at radius 2 is 1.68 bits per heavy atom. The van der Waals surface area contributed by atoms with Crippen molar-refractivity contribution in [2.75, 3.05) is 18.8 Å². The third kappa shape index (κ3) is 3.96. The highest BCUT2D eigenvalue weighted by molar-refractivity contribution is 5.95. The lowest BCUT2D eigenvalue weighted by Gasteiger charge is -2.32. The van der Waals surface area contributed by atoms with Crippen LogP contribution < -0.4 is 11.1 Å². The fraction of sp³-hybridized carbons (Fsp3) is 0.263. The number of anilines is 1. The number of hydrogen-bond acceptors (Lipinski definition) is 3. The van der Waals surface area contributed by atoms with Crippen LogP contribution in [-0.2, 0) is 0 Å². The topological polar surface area (TPSA) is 75.4 Å². The zero-order valence-corrected chi connectivity index (χ0v) is 13.7. The second-order valence-electron chi connectivity index (χ2n) is 6.14. The molecule has 0 atom stereocenters. The molecule has 2 amide bonds. The van der Waals surface area contributed by atoms with Crippen LogP contribution in [0.1, 0.15) is 33.6 Å². The minimum absolute atomic E-state index is 0.00489. The van der Waals surface area contributed by atoms with Gasteiger partial charge in [-0.05, 0) is 49.2 Å². The first-order valence-electron chi connectivity index (χ1n) is 8.25. The zero-order chi connectivity index (χ0) is 17.8. The molecule has 1 aliphatic heterocycles.